The summed E-state index contributed by atoms with van der Waals surface area (Å²) in [5, 5.41) is 3.27. The van der Waals surface area contributed by atoms with E-state index in [2.05, 4.69) is 34.8 Å². The molecule has 0 amide bonds. The van der Waals surface area contributed by atoms with Crippen LogP contribution in [-0.2, 0) is 0 Å². The first-order valence-corrected chi connectivity index (χ1v) is 5.28. The van der Waals surface area contributed by atoms with E-state index >= 15 is 0 Å². The molecule has 0 saturated carbocycles. The van der Waals surface area contributed by atoms with Gasteiger partial charge in [-0.15, -0.1) is 0 Å². The van der Waals surface area contributed by atoms with Crippen LogP contribution in [-0.4, -0.2) is 17.1 Å². The number of unbranched alkanes of at least 4 members (excludes halogenated alkanes) is 2. The summed E-state index contributed by atoms with van der Waals surface area (Å²) in [4.78, 5) is 0. The maximum atomic E-state index is 5.39. The Morgan fingerprint density at radius 2 is 2.00 bits per heavy atom. The summed E-state index contributed by atoms with van der Waals surface area (Å²) in [6, 6.07) is 0. The largest absolute Gasteiger partial charge is 0.330 e. The SMILES string of the molecule is CN[C@](C)(I)CCCCCN. The maximum Gasteiger partial charge on any atom is 0.0674 e. The molecule has 0 aromatic carbocycles. The highest BCUT2D eigenvalue weighted by atomic mass is 127. The Labute approximate surface area is 83.4 Å². The molecular weight excluding hydrogens is 251 g/mol. The highest BCUT2D eigenvalue weighted by molar-refractivity contribution is 14.1. The zero-order chi connectivity index (χ0) is 8.74. The molecule has 0 aliphatic rings. The minimum absolute atomic E-state index is 0.270. The van der Waals surface area contributed by atoms with Gasteiger partial charge in [0.15, 0.2) is 0 Å². The molecule has 2 nitrogen and oxygen atoms in total. The minimum Gasteiger partial charge on any atom is -0.330 e. The van der Waals surface area contributed by atoms with Crippen molar-refractivity contribution < 1.29 is 0 Å². The first-order chi connectivity index (χ1) is 5.12. The van der Waals surface area contributed by atoms with Gasteiger partial charge < -0.3 is 11.1 Å². The number of rotatable bonds is 6. The van der Waals surface area contributed by atoms with E-state index in [4.69, 9.17) is 5.73 Å². The lowest BCUT2D eigenvalue weighted by Gasteiger charge is -2.21. The maximum absolute atomic E-state index is 5.39. The predicted octanol–water partition coefficient (Wildman–Crippen LogP) is 1.88. The van der Waals surface area contributed by atoms with Gasteiger partial charge in [-0.2, -0.15) is 0 Å². The normalized spacial score (nSPS) is 16.4. The summed E-state index contributed by atoms with van der Waals surface area (Å²) in [6.07, 6.45) is 4.93. The van der Waals surface area contributed by atoms with E-state index in [9.17, 15) is 0 Å². The second kappa shape index (κ2) is 6.20. The zero-order valence-corrected chi connectivity index (χ0v) is 9.65. The van der Waals surface area contributed by atoms with Gasteiger partial charge in [-0.3, -0.25) is 0 Å². The highest BCUT2D eigenvalue weighted by Gasteiger charge is 2.15. The van der Waals surface area contributed by atoms with E-state index < -0.39 is 0 Å². The molecule has 0 saturated heterocycles. The topological polar surface area (TPSA) is 38.0 Å². The van der Waals surface area contributed by atoms with Gasteiger partial charge in [0.05, 0.1) is 3.55 Å². The quantitative estimate of drug-likeness (QED) is 0.335. The van der Waals surface area contributed by atoms with Crippen molar-refractivity contribution in [3.63, 3.8) is 0 Å². The van der Waals surface area contributed by atoms with Crippen molar-refractivity contribution in [3.8, 4) is 0 Å². The third-order valence-corrected chi connectivity index (χ3v) is 2.95. The molecule has 0 aromatic heterocycles. The highest BCUT2D eigenvalue weighted by Crippen LogP contribution is 2.21. The Hall–Kier alpha value is 0.650. The zero-order valence-electron chi connectivity index (χ0n) is 7.49. The molecule has 1 atom stereocenters. The molecule has 0 aliphatic carbocycles. The fourth-order valence-corrected chi connectivity index (χ4v) is 1.28. The van der Waals surface area contributed by atoms with Gasteiger partial charge in [-0.05, 0) is 33.4 Å². The second-order valence-corrected chi connectivity index (χ2v) is 5.43. The van der Waals surface area contributed by atoms with Crippen LogP contribution in [0.15, 0.2) is 0 Å². The molecule has 0 spiro atoms. The summed E-state index contributed by atoms with van der Waals surface area (Å²) < 4.78 is 0.270. The van der Waals surface area contributed by atoms with Gasteiger partial charge in [0.25, 0.3) is 0 Å². The van der Waals surface area contributed by atoms with Crippen LogP contribution >= 0.6 is 22.6 Å². The second-order valence-electron chi connectivity index (χ2n) is 3.05. The van der Waals surface area contributed by atoms with E-state index in [1.54, 1.807) is 0 Å². The number of alkyl halides is 1. The van der Waals surface area contributed by atoms with Crippen LogP contribution in [0.5, 0.6) is 0 Å². The lowest BCUT2D eigenvalue weighted by Crippen LogP contribution is -2.32. The van der Waals surface area contributed by atoms with Gasteiger partial charge in [0, 0.05) is 0 Å². The molecule has 0 fully saturated rings. The fraction of sp³-hybridized carbons (Fsp3) is 1.00. The first-order valence-electron chi connectivity index (χ1n) is 4.20. The summed E-state index contributed by atoms with van der Waals surface area (Å²) in [6.45, 7) is 3.05. The van der Waals surface area contributed by atoms with Crippen molar-refractivity contribution >= 4 is 22.6 Å². The number of halogens is 1. The molecule has 0 bridgehead atoms. The molecule has 11 heavy (non-hydrogen) atoms. The van der Waals surface area contributed by atoms with Crippen LogP contribution in [0.4, 0.5) is 0 Å². The molecule has 0 radical (unpaired) electrons. The number of nitrogens with two attached hydrogens (primary N) is 1. The van der Waals surface area contributed by atoms with Crippen molar-refractivity contribution in [2.24, 2.45) is 5.73 Å². The molecule has 0 aliphatic heterocycles. The van der Waals surface area contributed by atoms with Crippen LogP contribution in [0.1, 0.15) is 32.6 Å². The van der Waals surface area contributed by atoms with Crippen molar-refractivity contribution in [2.75, 3.05) is 13.6 Å². The average molecular weight is 270 g/mol. The molecular formula is C8H19IN2. The van der Waals surface area contributed by atoms with Crippen LogP contribution < -0.4 is 11.1 Å². The van der Waals surface area contributed by atoms with Crippen molar-refractivity contribution in [2.45, 2.75) is 36.2 Å². The summed E-state index contributed by atoms with van der Waals surface area (Å²) in [5.74, 6) is 0. The van der Waals surface area contributed by atoms with Crippen LogP contribution in [0, 0.1) is 0 Å². The smallest absolute Gasteiger partial charge is 0.0674 e. The Morgan fingerprint density at radius 3 is 2.45 bits per heavy atom. The van der Waals surface area contributed by atoms with Gasteiger partial charge in [-0.25, -0.2) is 0 Å². The average Bonchev–Trinajstić information content (AvgIpc) is 1.99. The molecule has 0 aromatic rings. The fourth-order valence-electron chi connectivity index (χ4n) is 0.903. The molecule has 0 rings (SSSR count). The lowest BCUT2D eigenvalue weighted by molar-refractivity contribution is 0.502. The van der Waals surface area contributed by atoms with E-state index in [1.165, 1.54) is 19.3 Å². The third-order valence-electron chi connectivity index (χ3n) is 1.87. The van der Waals surface area contributed by atoms with Gasteiger partial charge in [0.1, 0.15) is 0 Å². The lowest BCUT2D eigenvalue weighted by atomic mass is 10.1. The molecule has 3 heteroatoms. The van der Waals surface area contributed by atoms with Crippen molar-refractivity contribution in [3.05, 3.63) is 0 Å². The summed E-state index contributed by atoms with van der Waals surface area (Å²) in [5.41, 5.74) is 5.39. The molecule has 68 valence electrons. The Kier molecular flexibility index (Phi) is 6.56. The molecule has 3 N–H and O–H groups in total. The summed E-state index contributed by atoms with van der Waals surface area (Å²) >= 11 is 2.45. The molecule has 0 heterocycles. The van der Waals surface area contributed by atoms with Gasteiger partial charge in [-0.1, -0.05) is 35.4 Å². The first kappa shape index (κ1) is 11.6. The monoisotopic (exact) mass is 270 g/mol. The van der Waals surface area contributed by atoms with Gasteiger partial charge in [0.2, 0.25) is 0 Å². The summed E-state index contributed by atoms with van der Waals surface area (Å²) in [7, 11) is 2.01. The Bertz CT molecular complexity index is 94.1. The standard InChI is InChI=1S/C8H19IN2/c1-8(9,11-2)6-4-3-5-7-10/h11H,3-7,10H2,1-2H3/t8-/m0/s1. The number of hydrogen-bond acceptors (Lipinski definition) is 2. The third kappa shape index (κ3) is 7.03. The van der Waals surface area contributed by atoms with Crippen molar-refractivity contribution in [1.82, 2.24) is 5.32 Å². The van der Waals surface area contributed by atoms with Crippen LogP contribution in [0.3, 0.4) is 0 Å². The minimum atomic E-state index is 0.270. The van der Waals surface area contributed by atoms with E-state index in [0.717, 1.165) is 13.0 Å². The van der Waals surface area contributed by atoms with Crippen molar-refractivity contribution in [1.29, 1.82) is 0 Å². The van der Waals surface area contributed by atoms with E-state index in [-0.39, 0.29) is 3.55 Å². The van der Waals surface area contributed by atoms with E-state index in [1.807, 2.05) is 7.05 Å². The van der Waals surface area contributed by atoms with Gasteiger partial charge >= 0.3 is 0 Å². The van der Waals surface area contributed by atoms with Crippen LogP contribution in [0.25, 0.3) is 0 Å². The van der Waals surface area contributed by atoms with Crippen LogP contribution in [0.2, 0.25) is 0 Å². The number of hydrogen-bond donors (Lipinski definition) is 2. The predicted molar refractivity (Wildman–Crippen MR) is 59.0 cm³/mol. The number of nitrogens with one attached hydrogen (secondary N) is 1. The molecule has 0 unspecified atom stereocenters. The Balaban J connectivity index is 3.23. The van der Waals surface area contributed by atoms with E-state index in [0.29, 0.717) is 0 Å². The Morgan fingerprint density at radius 1 is 1.36 bits per heavy atom.